The van der Waals surface area contributed by atoms with Crippen LogP contribution >= 0.6 is 0 Å². The summed E-state index contributed by atoms with van der Waals surface area (Å²) in [5, 5.41) is 0. The maximum absolute atomic E-state index is 13.5. The second-order valence-electron chi connectivity index (χ2n) is 11.2. The number of nitrogens with one attached hydrogen (secondary N) is 1. The van der Waals surface area contributed by atoms with E-state index in [-0.39, 0.29) is 43.1 Å². The average Bonchev–Trinajstić information content (AvgIpc) is 3.00. The summed E-state index contributed by atoms with van der Waals surface area (Å²) in [6.45, 7) is 0.0904. The van der Waals surface area contributed by atoms with Crippen molar-refractivity contribution < 1.29 is 44.3 Å². The van der Waals surface area contributed by atoms with E-state index in [2.05, 4.69) is 0 Å². The number of carbonyl (C=O) groups excluding carboxylic acids is 2. The molecule has 0 radical (unpaired) electrons. The zero-order chi connectivity index (χ0) is 33.7. The number of benzene rings is 3. The SMILES string of the molecule is NC(=O)N(CC1CCC(CN(Cc2ccccc2)S(=O)(=O)NC(=O)c2cc(C(F)(F)F)cc(C(F)(F)F)c2)CC1)c1ccccc1. The highest BCUT2D eigenvalue weighted by atomic mass is 32.2. The number of urea groups is 1. The van der Waals surface area contributed by atoms with Crippen LogP contribution in [0.2, 0.25) is 0 Å². The monoisotopic (exact) mass is 670 g/mol. The molecular formula is C31H32F6N4O4S. The molecule has 1 aliphatic carbocycles. The highest BCUT2D eigenvalue weighted by molar-refractivity contribution is 7.87. The van der Waals surface area contributed by atoms with E-state index in [4.69, 9.17) is 5.73 Å². The third kappa shape index (κ3) is 9.22. The summed E-state index contributed by atoms with van der Waals surface area (Å²) in [6, 6.07) is 16.8. The molecule has 0 heterocycles. The van der Waals surface area contributed by atoms with Gasteiger partial charge in [0.2, 0.25) is 0 Å². The van der Waals surface area contributed by atoms with Crippen LogP contribution in [0.1, 0.15) is 52.7 Å². The molecule has 0 bridgehead atoms. The third-order valence-corrected chi connectivity index (χ3v) is 9.22. The number of hydrogen-bond donors (Lipinski definition) is 2. The van der Waals surface area contributed by atoms with Gasteiger partial charge in [-0.25, -0.2) is 9.52 Å². The molecule has 3 aromatic carbocycles. The van der Waals surface area contributed by atoms with Crippen molar-refractivity contribution in [3.63, 3.8) is 0 Å². The molecule has 1 aliphatic rings. The van der Waals surface area contributed by atoms with E-state index in [1.165, 1.54) is 4.90 Å². The van der Waals surface area contributed by atoms with Gasteiger partial charge in [0.15, 0.2) is 0 Å². The normalized spacial score (nSPS) is 17.5. The lowest BCUT2D eigenvalue weighted by Gasteiger charge is -2.34. The van der Waals surface area contributed by atoms with Gasteiger partial charge in [-0.1, -0.05) is 48.5 Å². The largest absolute Gasteiger partial charge is 0.416 e. The molecule has 46 heavy (non-hydrogen) atoms. The fraction of sp³-hybridized carbons (Fsp3) is 0.355. The smallest absolute Gasteiger partial charge is 0.351 e. The maximum atomic E-state index is 13.5. The second kappa shape index (κ2) is 14.1. The molecule has 4 rings (SSSR count). The molecule has 0 aliphatic heterocycles. The van der Waals surface area contributed by atoms with Gasteiger partial charge in [0.05, 0.1) is 11.1 Å². The van der Waals surface area contributed by atoms with Crippen LogP contribution in [0.25, 0.3) is 0 Å². The fourth-order valence-corrected chi connectivity index (χ4v) is 6.64. The average molecular weight is 671 g/mol. The Bertz CT molecular complexity index is 1580. The number of carbonyl (C=O) groups is 2. The number of hydrogen-bond acceptors (Lipinski definition) is 4. The lowest BCUT2D eigenvalue weighted by Crippen LogP contribution is -2.46. The number of para-hydroxylation sites is 1. The summed E-state index contributed by atoms with van der Waals surface area (Å²) in [6.07, 6.45) is -8.05. The quantitative estimate of drug-likeness (QED) is 0.237. The van der Waals surface area contributed by atoms with Gasteiger partial charge < -0.3 is 5.73 Å². The van der Waals surface area contributed by atoms with Gasteiger partial charge in [-0.05, 0) is 73.4 Å². The number of rotatable bonds is 10. The van der Waals surface area contributed by atoms with Crippen LogP contribution in [-0.2, 0) is 29.1 Å². The maximum Gasteiger partial charge on any atom is 0.416 e. The molecule has 3 aromatic rings. The molecular weight excluding hydrogens is 638 g/mol. The van der Waals surface area contributed by atoms with Crippen LogP contribution in [0.5, 0.6) is 0 Å². The topological polar surface area (TPSA) is 113 Å². The first-order valence-corrected chi connectivity index (χ1v) is 15.7. The van der Waals surface area contributed by atoms with Gasteiger partial charge in [0, 0.05) is 30.9 Å². The van der Waals surface area contributed by atoms with Crippen LogP contribution < -0.4 is 15.4 Å². The minimum atomic E-state index is -5.22. The number of halogens is 6. The first-order chi connectivity index (χ1) is 21.5. The molecule has 0 aromatic heterocycles. The van der Waals surface area contributed by atoms with Gasteiger partial charge >= 0.3 is 28.6 Å². The minimum Gasteiger partial charge on any atom is -0.351 e. The molecule has 1 fully saturated rings. The molecule has 15 heteroatoms. The van der Waals surface area contributed by atoms with E-state index in [1.54, 1.807) is 59.3 Å². The minimum absolute atomic E-state index is 0.0706. The summed E-state index contributed by atoms with van der Waals surface area (Å²) in [5.41, 5.74) is 2.21. The predicted molar refractivity (Wildman–Crippen MR) is 159 cm³/mol. The number of nitrogens with two attached hydrogens (primary N) is 1. The summed E-state index contributed by atoms with van der Waals surface area (Å²) >= 11 is 0. The Labute approximate surface area is 262 Å². The van der Waals surface area contributed by atoms with E-state index in [0.29, 0.717) is 43.5 Å². The molecule has 1 saturated carbocycles. The van der Waals surface area contributed by atoms with Crippen LogP contribution in [0.3, 0.4) is 0 Å². The predicted octanol–water partition coefficient (Wildman–Crippen LogP) is 6.59. The Morgan fingerprint density at radius 2 is 1.24 bits per heavy atom. The Hall–Kier alpha value is -4.11. The van der Waals surface area contributed by atoms with Crippen molar-refractivity contribution in [3.05, 3.63) is 101 Å². The molecule has 0 spiro atoms. The Morgan fingerprint density at radius 3 is 1.72 bits per heavy atom. The number of amides is 3. The molecule has 3 N–H and O–H groups in total. The molecule has 0 atom stereocenters. The number of nitrogens with zero attached hydrogens (tertiary/aromatic N) is 2. The Kier molecular flexibility index (Phi) is 10.7. The summed E-state index contributed by atoms with van der Waals surface area (Å²) in [4.78, 5) is 26.5. The van der Waals surface area contributed by atoms with Gasteiger partial charge in [-0.2, -0.15) is 39.1 Å². The van der Waals surface area contributed by atoms with E-state index in [9.17, 15) is 44.3 Å². The van der Waals surface area contributed by atoms with Crippen molar-refractivity contribution in [2.45, 2.75) is 44.6 Å². The Morgan fingerprint density at radius 1 is 0.761 bits per heavy atom. The van der Waals surface area contributed by atoms with Crippen molar-refractivity contribution in [1.29, 1.82) is 0 Å². The Balaban J connectivity index is 1.51. The van der Waals surface area contributed by atoms with Crippen molar-refractivity contribution in [3.8, 4) is 0 Å². The van der Waals surface area contributed by atoms with E-state index >= 15 is 0 Å². The number of anilines is 1. The number of alkyl halides is 6. The van der Waals surface area contributed by atoms with Gasteiger partial charge in [0.1, 0.15) is 0 Å². The summed E-state index contributed by atoms with van der Waals surface area (Å²) < 4.78 is 110. The highest BCUT2D eigenvalue weighted by Crippen LogP contribution is 2.37. The molecule has 0 saturated heterocycles. The van der Waals surface area contributed by atoms with Gasteiger partial charge in [-0.3, -0.25) is 9.69 Å². The molecule has 3 amide bonds. The van der Waals surface area contributed by atoms with Crippen LogP contribution in [0, 0.1) is 11.8 Å². The van der Waals surface area contributed by atoms with Crippen molar-refractivity contribution in [2.24, 2.45) is 17.6 Å². The molecule has 0 unspecified atom stereocenters. The van der Waals surface area contributed by atoms with E-state index in [1.807, 2.05) is 6.07 Å². The number of primary amides is 1. The van der Waals surface area contributed by atoms with Crippen LogP contribution in [0.15, 0.2) is 78.9 Å². The second-order valence-corrected chi connectivity index (χ2v) is 12.9. The highest BCUT2D eigenvalue weighted by Gasteiger charge is 2.38. The first kappa shape index (κ1) is 34.8. The molecule has 8 nitrogen and oxygen atoms in total. The van der Waals surface area contributed by atoms with Crippen molar-refractivity contribution in [1.82, 2.24) is 9.03 Å². The fourth-order valence-electron chi connectivity index (χ4n) is 5.43. The van der Waals surface area contributed by atoms with Crippen molar-refractivity contribution >= 4 is 27.8 Å². The van der Waals surface area contributed by atoms with Crippen LogP contribution in [0.4, 0.5) is 36.8 Å². The van der Waals surface area contributed by atoms with Gasteiger partial charge in [0.25, 0.3) is 5.91 Å². The van der Waals surface area contributed by atoms with E-state index < -0.39 is 51.2 Å². The standard InChI is InChI=1S/C31H32F6N4O4S/c32-30(33,34)25-15-24(16-26(17-25)31(35,36)37)28(42)39-46(44,45)40(18-21-7-3-1-4-8-21)19-22-11-13-23(14-12-22)20-41(29(38)43)27-9-5-2-6-10-27/h1-10,15-17,22-23H,11-14,18-20H2,(H2,38,43)(H,39,42). The summed E-state index contributed by atoms with van der Waals surface area (Å²) in [7, 11) is -4.74. The summed E-state index contributed by atoms with van der Waals surface area (Å²) in [5.74, 6) is -1.74. The molecule has 248 valence electrons. The van der Waals surface area contributed by atoms with Crippen LogP contribution in [-0.4, -0.2) is 37.8 Å². The van der Waals surface area contributed by atoms with Crippen molar-refractivity contribution in [2.75, 3.05) is 18.0 Å². The van der Waals surface area contributed by atoms with E-state index in [0.717, 1.165) is 4.31 Å². The zero-order valence-corrected chi connectivity index (χ0v) is 25.2. The first-order valence-electron chi connectivity index (χ1n) is 14.3. The van der Waals surface area contributed by atoms with Gasteiger partial charge in [-0.15, -0.1) is 0 Å². The lowest BCUT2D eigenvalue weighted by molar-refractivity contribution is -0.143. The lowest BCUT2D eigenvalue weighted by atomic mass is 9.81. The zero-order valence-electron chi connectivity index (χ0n) is 24.4. The third-order valence-electron chi connectivity index (χ3n) is 7.82.